The first kappa shape index (κ1) is 20.4. The van der Waals surface area contributed by atoms with Crippen LogP contribution >= 0.6 is 22.9 Å². The fraction of sp³-hybridized carbons (Fsp3) is 0.222. The van der Waals surface area contributed by atoms with Gasteiger partial charge in [-0.1, -0.05) is 11.6 Å². The van der Waals surface area contributed by atoms with E-state index in [4.69, 9.17) is 11.6 Å². The number of rotatable bonds is 5. The molecule has 156 valence electrons. The lowest BCUT2D eigenvalue weighted by atomic mass is 10.3. The molecule has 0 aliphatic heterocycles. The molecule has 0 aliphatic carbocycles. The maximum absolute atomic E-state index is 13.1. The zero-order valence-electron chi connectivity index (χ0n) is 15.4. The Morgan fingerprint density at radius 3 is 2.57 bits per heavy atom. The first-order valence-electron chi connectivity index (χ1n) is 8.77. The minimum absolute atomic E-state index is 0.0433. The lowest BCUT2D eigenvalue weighted by Crippen LogP contribution is -2.24. The van der Waals surface area contributed by atoms with Gasteiger partial charge in [-0.3, -0.25) is 4.79 Å². The highest BCUT2D eigenvalue weighted by Crippen LogP contribution is 2.31. The maximum atomic E-state index is 13.1. The summed E-state index contributed by atoms with van der Waals surface area (Å²) in [7, 11) is 0. The van der Waals surface area contributed by atoms with Crippen LogP contribution in [0.1, 0.15) is 17.6 Å². The van der Waals surface area contributed by atoms with Crippen LogP contribution in [0.4, 0.5) is 19.1 Å². The molecule has 3 aromatic heterocycles. The molecule has 1 N–H and O–H groups in total. The maximum Gasteiger partial charge on any atom is 0.443 e. The molecule has 0 saturated heterocycles. The fourth-order valence-electron chi connectivity index (χ4n) is 2.86. The number of fused-ring (bicyclic) bond motifs is 1. The van der Waals surface area contributed by atoms with Crippen LogP contribution in [0, 0.1) is 0 Å². The molecule has 0 radical (unpaired) electrons. The summed E-state index contributed by atoms with van der Waals surface area (Å²) >= 11 is 6.46. The Bertz CT molecular complexity index is 1260. The van der Waals surface area contributed by atoms with Crippen LogP contribution < -0.4 is 10.9 Å². The number of thiazole rings is 1. The Hall–Kier alpha value is -2.92. The number of aromatic nitrogens is 5. The topological polar surface area (TPSA) is 77.6 Å². The average Bonchev–Trinajstić information content (AvgIpc) is 3.34. The molecule has 7 nitrogen and oxygen atoms in total. The third-order valence-electron chi connectivity index (χ3n) is 4.29. The Labute approximate surface area is 176 Å². The van der Waals surface area contributed by atoms with E-state index in [0.717, 1.165) is 0 Å². The predicted octanol–water partition coefficient (Wildman–Crippen LogP) is 4.34. The van der Waals surface area contributed by atoms with Crippen molar-refractivity contribution in [3.05, 3.63) is 62.1 Å². The normalized spacial score (nSPS) is 11.9. The standard InChI is InChI=1S/C18H14ClF3N6OS/c1-2-27-9-24-13-14(27)26-17(23-7-11-8-30-16(25-11)18(20,21)22)28(15(13)29)12-5-3-10(19)4-6-12/h3-6,8-9H,2,7H2,1H3,(H,23,26). The molecule has 0 amide bonds. The van der Waals surface area contributed by atoms with E-state index >= 15 is 0 Å². The minimum atomic E-state index is -4.50. The van der Waals surface area contributed by atoms with E-state index in [0.29, 0.717) is 34.2 Å². The average molecular weight is 455 g/mol. The van der Waals surface area contributed by atoms with Crippen molar-refractivity contribution in [1.29, 1.82) is 0 Å². The third-order valence-corrected chi connectivity index (χ3v) is 5.47. The Balaban J connectivity index is 1.78. The number of nitrogens with zero attached hydrogens (tertiary/aromatic N) is 5. The Kier molecular flexibility index (Phi) is 5.24. The van der Waals surface area contributed by atoms with Gasteiger partial charge in [0.1, 0.15) is 0 Å². The van der Waals surface area contributed by atoms with Crippen LogP contribution in [0.2, 0.25) is 5.02 Å². The van der Waals surface area contributed by atoms with E-state index in [1.807, 2.05) is 6.92 Å². The quantitative estimate of drug-likeness (QED) is 0.485. The number of alkyl halides is 3. The van der Waals surface area contributed by atoms with Gasteiger partial charge in [-0.15, -0.1) is 11.3 Å². The molecular weight excluding hydrogens is 441 g/mol. The third kappa shape index (κ3) is 3.77. The molecule has 4 aromatic rings. The van der Waals surface area contributed by atoms with Gasteiger partial charge < -0.3 is 9.88 Å². The van der Waals surface area contributed by atoms with Gasteiger partial charge in [0.05, 0.1) is 24.3 Å². The highest BCUT2D eigenvalue weighted by molar-refractivity contribution is 7.09. The number of halogens is 4. The van der Waals surface area contributed by atoms with Gasteiger partial charge in [-0.25, -0.2) is 14.5 Å². The van der Waals surface area contributed by atoms with Gasteiger partial charge in [0.15, 0.2) is 16.2 Å². The van der Waals surface area contributed by atoms with Crippen LogP contribution in [-0.2, 0) is 19.3 Å². The lowest BCUT2D eigenvalue weighted by molar-refractivity contribution is -0.137. The molecular formula is C18H14ClF3N6OS. The summed E-state index contributed by atoms with van der Waals surface area (Å²) in [4.78, 5) is 25.4. The summed E-state index contributed by atoms with van der Waals surface area (Å²) in [6.07, 6.45) is -2.98. The second-order valence-corrected chi connectivity index (χ2v) is 7.55. The van der Waals surface area contributed by atoms with Crippen LogP contribution in [0.25, 0.3) is 16.9 Å². The highest BCUT2D eigenvalue weighted by atomic mass is 35.5. The van der Waals surface area contributed by atoms with Crippen LogP contribution in [0.5, 0.6) is 0 Å². The number of hydrogen-bond acceptors (Lipinski definition) is 6. The van der Waals surface area contributed by atoms with Crippen LogP contribution in [0.15, 0.2) is 40.8 Å². The van der Waals surface area contributed by atoms with E-state index in [-0.39, 0.29) is 23.7 Å². The van der Waals surface area contributed by atoms with Crippen molar-refractivity contribution in [2.45, 2.75) is 26.2 Å². The van der Waals surface area contributed by atoms with E-state index < -0.39 is 16.7 Å². The number of benzene rings is 1. The van der Waals surface area contributed by atoms with E-state index in [1.54, 1.807) is 28.8 Å². The number of aryl methyl sites for hydroxylation is 1. The smallest absolute Gasteiger partial charge is 0.350 e. The molecule has 12 heteroatoms. The van der Waals surface area contributed by atoms with Crippen molar-refractivity contribution in [1.82, 2.24) is 24.1 Å². The van der Waals surface area contributed by atoms with Crippen molar-refractivity contribution < 1.29 is 13.2 Å². The van der Waals surface area contributed by atoms with Crippen molar-refractivity contribution >= 4 is 40.0 Å². The molecule has 3 heterocycles. The zero-order valence-corrected chi connectivity index (χ0v) is 17.0. The first-order valence-corrected chi connectivity index (χ1v) is 10.0. The lowest BCUT2D eigenvalue weighted by Gasteiger charge is -2.14. The first-order chi connectivity index (χ1) is 14.3. The molecule has 0 saturated carbocycles. The second-order valence-electron chi connectivity index (χ2n) is 6.25. The second kappa shape index (κ2) is 7.73. The van der Waals surface area contributed by atoms with Crippen molar-refractivity contribution in [2.75, 3.05) is 5.32 Å². The molecule has 0 fully saturated rings. The number of imidazole rings is 1. The van der Waals surface area contributed by atoms with Gasteiger partial charge in [0.25, 0.3) is 5.56 Å². The van der Waals surface area contributed by atoms with Crippen molar-refractivity contribution in [3.8, 4) is 5.69 Å². The van der Waals surface area contributed by atoms with E-state index in [2.05, 4.69) is 20.3 Å². The summed E-state index contributed by atoms with van der Waals surface area (Å²) < 4.78 is 41.4. The van der Waals surface area contributed by atoms with Gasteiger partial charge >= 0.3 is 6.18 Å². The summed E-state index contributed by atoms with van der Waals surface area (Å²) in [6.45, 7) is 2.39. The van der Waals surface area contributed by atoms with Crippen LogP contribution in [-0.4, -0.2) is 24.1 Å². The largest absolute Gasteiger partial charge is 0.443 e. The molecule has 1 aromatic carbocycles. The minimum Gasteiger partial charge on any atom is -0.350 e. The molecule has 0 spiro atoms. The Morgan fingerprint density at radius 2 is 1.93 bits per heavy atom. The van der Waals surface area contributed by atoms with E-state index in [9.17, 15) is 18.0 Å². The van der Waals surface area contributed by atoms with Gasteiger partial charge in [0.2, 0.25) is 5.95 Å². The Morgan fingerprint density at radius 1 is 1.20 bits per heavy atom. The number of hydrogen-bond donors (Lipinski definition) is 1. The summed E-state index contributed by atoms with van der Waals surface area (Å²) in [5.74, 6) is 0.159. The van der Waals surface area contributed by atoms with Crippen molar-refractivity contribution in [2.24, 2.45) is 0 Å². The monoisotopic (exact) mass is 454 g/mol. The summed E-state index contributed by atoms with van der Waals surface area (Å²) in [5.41, 5.74) is 0.830. The summed E-state index contributed by atoms with van der Waals surface area (Å²) in [5, 5.41) is 3.82. The molecule has 0 atom stereocenters. The van der Waals surface area contributed by atoms with Gasteiger partial charge in [0, 0.05) is 16.9 Å². The molecule has 0 aliphatic rings. The van der Waals surface area contributed by atoms with E-state index in [1.165, 1.54) is 16.3 Å². The highest BCUT2D eigenvalue weighted by Gasteiger charge is 2.34. The molecule has 0 bridgehead atoms. The number of anilines is 1. The number of nitrogens with one attached hydrogen (secondary N) is 1. The molecule has 30 heavy (non-hydrogen) atoms. The van der Waals surface area contributed by atoms with Gasteiger partial charge in [-0.05, 0) is 31.2 Å². The van der Waals surface area contributed by atoms with Crippen molar-refractivity contribution in [3.63, 3.8) is 0 Å². The SMILES string of the molecule is CCn1cnc2c(=O)n(-c3ccc(Cl)cc3)c(NCc3csc(C(F)(F)F)n3)nc21. The molecule has 0 unspecified atom stereocenters. The fourth-order valence-corrected chi connectivity index (χ4v) is 3.68. The zero-order chi connectivity index (χ0) is 21.5. The van der Waals surface area contributed by atoms with Crippen LogP contribution in [0.3, 0.4) is 0 Å². The summed E-state index contributed by atoms with van der Waals surface area (Å²) in [6, 6.07) is 6.53. The molecule has 4 rings (SSSR count). The predicted molar refractivity (Wildman–Crippen MR) is 108 cm³/mol. The van der Waals surface area contributed by atoms with Gasteiger partial charge in [-0.2, -0.15) is 18.2 Å².